The zero-order valence-corrected chi connectivity index (χ0v) is 9.75. The van der Waals surface area contributed by atoms with E-state index >= 15 is 0 Å². The van der Waals surface area contributed by atoms with E-state index in [2.05, 4.69) is 26.0 Å². The minimum atomic E-state index is 0.389. The van der Waals surface area contributed by atoms with E-state index in [1.807, 2.05) is 24.3 Å². The maximum absolute atomic E-state index is 5.80. The lowest BCUT2D eigenvalue weighted by atomic mass is 10.2. The lowest BCUT2D eigenvalue weighted by Gasteiger charge is -1.94. The lowest BCUT2D eigenvalue weighted by Crippen LogP contribution is -1.89. The molecule has 0 aliphatic carbocycles. The highest BCUT2D eigenvalue weighted by Crippen LogP contribution is 2.20. The summed E-state index contributed by atoms with van der Waals surface area (Å²) in [7, 11) is 1.76. The molecule has 0 saturated carbocycles. The van der Waals surface area contributed by atoms with Crippen molar-refractivity contribution in [1.29, 1.82) is 0 Å². The Morgan fingerprint density at radius 1 is 1.43 bits per heavy atom. The van der Waals surface area contributed by atoms with Crippen molar-refractivity contribution >= 4 is 27.5 Å². The molecule has 0 fully saturated rings. The van der Waals surface area contributed by atoms with Crippen molar-refractivity contribution in [3.05, 3.63) is 34.0 Å². The monoisotopic (exact) mass is 271 g/mol. The molecule has 3 nitrogen and oxygen atoms in total. The molecule has 0 saturated heterocycles. The molecule has 5 heteroatoms. The Balaban J connectivity index is 2.49. The summed E-state index contributed by atoms with van der Waals surface area (Å²) < 4.78 is 2.54. The van der Waals surface area contributed by atoms with Gasteiger partial charge in [0.1, 0.15) is 0 Å². The summed E-state index contributed by atoms with van der Waals surface area (Å²) in [6.07, 6.45) is 0. The average Bonchev–Trinajstić information content (AvgIpc) is 2.47. The molecule has 0 radical (unpaired) electrons. The van der Waals surface area contributed by atoms with Gasteiger partial charge in [-0.1, -0.05) is 28.1 Å². The maximum atomic E-state index is 5.80. The van der Waals surface area contributed by atoms with Gasteiger partial charge >= 0.3 is 0 Å². The molecule has 0 amide bonds. The largest absolute Gasteiger partial charge is 0.239 e. The molecule has 0 aliphatic heterocycles. The molecular weight excluding hydrogens is 265 g/mol. The van der Waals surface area contributed by atoms with Crippen LogP contribution in [-0.2, 0) is 7.05 Å². The molecule has 0 N–H and O–H groups in total. The van der Waals surface area contributed by atoms with Crippen molar-refractivity contribution in [1.82, 2.24) is 14.8 Å². The number of aromatic nitrogens is 3. The molecular formula is C9H7BrClN3. The van der Waals surface area contributed by atoms with Crippen LogP contribution in [-0.4, -0.2) is 14.8 Å². The van der Waals surface area contributed by atoms with Crippen LogP contribution in [0.5, 0.6) is 0 Å². The Hall–Kier alpha value is -0.870. The zero-order valence-electron chi connectivity index (χ0n) is 7.41. The van der Waals surface area contributed by atoms with Crippen LogP contribution in [0.2, 0.25) is 5.28 Å². The second-order valence-electron chi connectivity index (χ2n) is 2.84. The summed E-state index contributed by atoms with van der Waals surface area (Å²) in [5, 5.41) is 4.56. The molecule has 0 bridgehead atoms. The summed E-state index contributed by atoms with van der Waals surface area (Å²) >= 11 is 9.19. The molecule has 0 aliphatic rings. The van der Waals surface area contributed by atoms with E-state index in [9.17, 15) is 0 Å². The first-order valence-electron chi connectivity index (χ1n) is 3.99. The summed E-state index contributed by atoms with van der Waals surface area (Å²) in [5.41, 5.74) is 0.946. The number of hydrogen-bond donors (Lipinski definition) is 0. The SMILES string of the molecule is Cn1nc(-c2cccc(Br)c2)nc1Cl. The highest BCUT2D eigenvalue weighted by atomic mass is 79.9. The van der Waals surface area contributed by atoms with Gasteiger partial charge < -0.3 is 0 Å². The smallest absolute Gasteiger partial charge is 0.221 e. The van der Waals surface area contributed by atoms with Crippen LogP contribution in [0.1, 0.15) is 0 Å². The highest BCUT2D eigenvalue weighted by Gasteiger charge is 2.06. The number of rotatable bonds is 1. The zero-order chi connectivity index (χ0) is 10.1. The minimum Gasteiger partial charge on any atom is -0.239 e. The van der Waals surface area contributed by atoms with Crippen LogP contribution in [0, 0.1) is 0 Å². The first kappa shape index (κ1) is 9.68. The van der Waals surface area contributed by atoms with Crippen molar-refractivity contribution < 1.29 is 0 Å². The predicted octanol–water partition coefficient (Wildman–Crippen LogP) is 2.90. The van der Waals surface area contributed by atoms with Gasteiger partial charge in [-0.3, -0.25) is 0 Å². The van der Waals surface area contributed by atoms with Crippen LogP contribution >= 0.6 is 27.5 Å². The number of hydrogen-bond acceptors (Lipinski definition) is 2. The fourth-order valence-corrected chi connectivity index (χ4v) is 1.63. The molecule has 0 spiro atoms. The van der Waals surface area contributed by atoms with Crippen molar-refractivity contribution in [3.63, 3.8) is 0 Å². The van der Waals surface area contributed by atoms with Gasteiger partial charge in [-0.25, -0.2) is 4.68 Å². The topological polar surface area (TPSA) is 30.7 Å². The second-order valence-corrected chi connectivity index (χ2v) is 4.09. The first-order valence-corrected chi connectivity index (χ1v) is 5.16. The Kier molecular flexibility index (Phi) is 2.56. The van der Waals surface area contributed by atoms with Crippen LogP contribution in [0.4, 0.5) is 0 Å². The van der Waals surface area contributed by atoms with Crippen molar-refractivity contribution in [2.45, 2.75) is 0 Å². The van der Waals surface area contributed by atoms with Crippen LogP contribution in [0.25, 0.3) is 11.4 Å². The third-order valence-corrected chi connectivity index (χ3v) is 2.62. The van der Waals surface area contributed by atoms with Gasteiger partial charge in [0.15, 0.2) is 5.82 Å². The molecule has 72 valence electrons. The molecule has 1 aromatic carbocycles. The molecule has 1 aromatic heterocycles. The van der Waals surface area contributed by atoms with E-state index in [-0.39, 0.29) is 0 Å². The standard InChI is InChI=1S/C9H7BrClN3/c1-14-9(11)12-8(13-14)6-3-2-4-7(10)5-6/h2-5H,1H3. The minimum absolute atomic E-state index is 0.389. The Labute approximate surface area is 94.9 Å². The van der Waals surface area contributed by atoms with Crippen molar-refractivity contribution in [2.75, 3.05) is 0 Å². The first-order chi connectivity index (χ1) is 6.66. The van der Waals surface area contributed by atoms with E-state index < -0.39 is 0 Å². The maximum Gasteiger partial charge on any atom is 0.221 e. The average molecular weight is 273 g/mol. The van der Waals surface area contributed by atoms with Crippen LogP contribution in [0.3, 0.4) is 0 Å². The molecule has 1 heterocycles. The molecule has 2 rings (SSSR count). The third-order valence-electron chi connectivity index (χ3n) is 1.79. The summed E-state index contributed by atoms with van der Waals surface area (Å²) in [5.74, 6) is 0.638. The van der Waals surface area contributed by atoms with E-state index in [0.717, 1.165) is 10.0 Å². The molecule has 0 unspecified atom stereocenters. The van der Waals surface area contributed by atoms with Gasteiger partial charge in [0, 0.05) is 17.1 Å². The van der Waals surface area contributed by atoms with E-state index in [0.29, 0.717) is 11.1 Å². The molecule has 14 heavy (non-hydrogen) atoms. The van der Waals surface area contributed by atoms with E-state index in [1.54, 1.807) is 7.05 Å². The lowest BCUT2D eigenvalue weighted by molar-refractivity contribution is 0.769. The van der Waals surface area contributed by atoms with Gasteiger partial charge in [0.25, 0.3) is 0 Å². The number of aryl methyl sites for hydroxylation is 1. The quantitative estimate of drug-likeness (QED) is 0.799. The van der Waals surface area contributed by atoms with Gasteiger partial charge in [-0.2, -0.15) is 4.98 Å². The Morgan fingerprint density at radius 3 is 2.79 bits per heavy atom. The highest BCUT2D eigenvalue weighted by molar-refractivity contribution is 9.10. The second kappa shape index (κ2) is 3.71. The third kappa shape index (κ3) is 1.81. The van der Waals surface area contributed by atoms with Gasteiger partial charge in [0.2, 0.25) is 5.28 Å². The Morgan fingerprint density at radius 2 is 2.21 bits per heavy atom. The Bertz CT molecular complexity index is 447. The van der Waals surface area contributed by atoms with Gasteiger partial charge in [0.05, 0.1) is 0 Å². The molecule has 2 aromatic rings. The van der Waals surface area contributed by atoms with Crippen LogP contribution < -0.4 is 0 Å². The number of halogens is 2. The van der Waals surface area contributed by atoms with Crippen molar-refractivity contribution in [3.8, 4) is 11.4 Å². The summed E-state index contributed by atoms with van der Waals surface area (Å²) in [6.45, 7) is 0. The fraction of sp³-hybridized carbons (Fsp3) is 0.111. The summed E-state index contributed by atoms with van der Waals surface area (Å²) in [4.78, 5) is 4.12. The predicted molar refractivity (Wildman–Crippen MR) is 59.1 cm³/mol. The van der Waals surface area contributed by atoms with Crippen molar-refractivity contribution in [2.24, 2.45) is 7.05 Å². The summed E-state index contributed by atoms with van der Waals surface area (Å²) in [6, 6.07) is 7.78. The van der Waals surface area contributed by atoms with Gasteiger partial charge in [-0.15, -0.1) is 5.10 Å². The number of benzene rings is 1. The van der Waals surface area contributed by atoms with E-state index in [1.165, 1.54) is 4.68 Å². The van der Waals surface area contributed by atoms with E-state index in [4.69, 9.17) is 11.6 Å². The normalized spacial score (nSPS) is 10.5. The number of nitrogens with zero attached hydrogens (tertiary/aromatic N) is 3. The van der Waals surface area contributed by atoms with Crippen LogP contribution in [0.15, 0.2) is 28.7 Å². The van der Waals surface area contributed by atoms with Gasteiger partial charge in [-0.05, 0) is 23.7 Å². The fourth-order valence-electron chi connectivity index (χ4n) is 1.12. The molecule has 0 atom stereocenters.